The number of benzene rings is 4. The van der Waals surface area contributed by atoms with Gasteiger partial charge in [0.2, 0.25) is 0 Å². The average molecular weight is 474 g/mol. The van der Waals surface area contributed by atoms with Crippen LogP contribution in [0.5, 0.6) is 0 Å². The molecule has 1 saturated heterocycles. The van der Waals surface area contributed by atoms with E-state index in [1.54, 1.807) is 7.11 Å². The van der Waals surface area contributed by atoms with Gasteiger partial charge in [0.15, 0.2) is 0 Å². The van der Waals surface area contributed by atoms with E-state index in [-0.39, 0.29) is 23.2 Å². The molecule has 0 aromatic heterocycles. The van der Waals surface area contributed by atoms with Crippen molar-refractivity contribution < 1.29 is 9.53 Å². The van der Waals surface area contributed by atoms with Crippen molar-refractivity contribution in [2.75, 3.05) is 20.2 Å². The molecule has 3 aliphatic carbocycles. The Hall–Kier alpha value is -3.43. The van der Waals surface area contributed by atoms with Crippen molar-refractivity contribution >= 4 is 16.7 Å². The van der Waals surface area contributed by atoms with Gasteiger partial charge >= 0.3 is 5.97 Å². The normalized spacial score (nSPS) is 28.6. The van der Waals surface area contributed by atoms with Gasteiger partial charge in [0.05, 0.1) is 12.5 Å². The Bertz CT molecular complexity index is 1460. The standard InChI is InChI=1S/C33H31NO2/c1-36-31(35)33-22-34(20-23-9-3-2-4-10-23)21-30(33)32(18-17-29(33)27-13-7-8-14-28(27)32)26-16-15-24-11-5-6-12-25(24)19-26/h2-16,19,29-30H,17-18,20-22H2,1H3. The van der Waals surface area contributed by atoms with Crippen molar-refractivity contribution in [1.82, 2.24) is 4.90 Å². The van der Waals surface area contributed by atoms with E-state index in [9.17, 15) is 4.79 Å². The molecule has 3 nitrogen and oxygen atoms in total. The minimum Gasteiger partial charge on any atom is -0.469 e. The van der Waals surface area contributed by atoms with E-state index >= 15 is 0 Å². The zero-order valence-corrected chi connectivity index (χ0v) is 20.7. The Kier molecular flexibility index (Phi) is 4.87. The molecule has 4 unspecified atom stereocenters. The number of rotatable bonds is 4. The highest BCUT2D eigenvalue weighted by molar-refractivity contribution is 5.85. The molecule has 0 amide bonds. The number of carbonyl (C=O) groups is 1. The Morgan fingerprint density at radius 2 is 1.67 bits per heavy atom. The lowest BCUT2D eigenvalue weighted by molar-refractivity contribution is -0.161. The number of likely N-dealkylation sites (tertiary alicyclic amines) is 1. The summed E-state index contributed by atoms with van der Waals surface area (Å²) in [7, 11) is 1.57. The Labute approximate surface area is 212 Å². The zero-order valence-electron chi connectivity index (χ0n) is 20.7. The van der Waals surface area contributed by atoms with Gasteiger partial charge in [-0.05, 0) is 45.9 Å². The molecule has 4 aromatic rings. The molecule has 2 fully saturated rings. The number of carbonyl (C=O) groups excluding carboxylic acids is 1. The van der Waals surface area contributed by atoms with E-state index in [1.807, 2.05) is 0 Å². The summed E-state index contributed by atoms with van der Waals surface area (Å²) in [5.74, 6) is 0.317. The molecule has 4 atom stereocenters. The van der Waals surface area contributed by atoms with Crippen LogP contribution in [0.2, 0.25) is 0 Å². The van der Waals surface area contributed by atoms with Crippen LogP contribution in [0.4, 0.5) is 0 Å². The first kappa shape index (κ1) is 21.8. The highest BCUT2D eigenvalue weighted by atomic mass is 16.5. The van der Waals surface area contributed by atoms with Gasteiger partial charge in [-0.25, -0.2) is 0 Å². The van der Waals surface area contributed by atoms with Crippen molar-refractivity contribution in [3.05, 3.63) is 119 Å². The van der Waals surface area contributed by atoms with E-state index in [0.29, 0.717) is 0 Å². The molecular formula is C33H31NO2. The summed E-state index contributed by atoms with van der Waals surface area (Å²) in [5.41, 5.74) is 4.65. The second-order valence-electron chi connectivity index (χ2n) is 11.0. The van der Waals surface area contributed by atoms with Crippen molar-refractivity contribution in [2.45, 2.75) is 30.7 Å². The van der Waals surface area contributed by atoms with Gasteiger partial charge in [-0.2, -0.15) is 0 Å². The van der Waals surface area contributed by atoms with Crippen molar-refractivity contribution in [2.24, 2.45) is 11.3 Å². The lowest BCUT2D eigenvalue weighted by Crippen LogP contribution is -2.60. The molecule has 0 N–H and O–H groups in total. The van der Waals surface area contributed by atoms with Gasteiger partial charge in [0.25, 0.3) is 0 Å². The van der Waals surface area contributed by atoms with Crippen molar-refractivity contribution in [3.63, 3.8) is 0 Å². The second kappa shape index (κ2) is 8.04. The van der Waals surface area contributed by atoms with Gasteiger partial charge < -0.3 is 4.74 Å². The van der Waals surface area contributed by atoms with Crippen LogP contribution in [0.15, 0.2) is 97.1 Å². The fraction of sp³-hybridized carbons (Fsp3) is 0.303. The maximum absolute atomic E-state index is 13.9. The fourth-order valence-corrected chi connectivity index (χ4v) is 8.15. The number of ether oxygens (including phenoxy) is 1. The van der Waals surface area contributed by atoms with Crippen LogP contribution < -0.4 is 0 Å². The Morgan fingerprint density at radius 3 is 2.50 bits per heavy atom. The Morgan fingerprint density at radius 1 is 0.917 bits per heavy atom. The first-order valence-corrected chi connectivity index (χ1v) is 13.1. The molecule has 0 spiro atoms. The SMILES string of the molecule is COC(=O)C12CN(Cc3ccccc3)CC1C1(c3ccc4ccccc4c3)CCC2c2ccccc21. The van der Waals surface area contributed by atoms with Crippen LogP contribution >= 0.6 is 0 Å². The molecule has 8 rings (SSSR count). The number of methoxy groups -OCH3 is 1. The van der Waals surface area contributed by atoms with Crippen LogP contribution in [0.25, 0.3) is 10.8 Å². The lowest BCUT2D eigenvalue weighted by atomic mass is 9.42. The van der Waals surface area contributed by atoms with Crippen molar-refractivity contribution in [3.8, 4) is 0 Å². The third-order valence-electron chi connectivity index (χ3n) is 9.49. The molecule has 36 heavy (non-hydrogen) atoms. The number of hydrogen-bond donors (Lipinski definition) is 0. The first-order chi connectivity index (χ1) is 17.7. The van der Waals surface area contributed by atoms with Crippen LogP contribution in [-0.2, 0) is 21.5 Å². The van der Waals surface area contributed by atoms with E-state index in [2.05, 4.69) is 102 Å². The van der Waals surface area contributed by atoms with Gasteiger partial charge in [-0.15, -0.1) is 0 Å². The smallest absolute Gasteiger partial charge is 0.314 e. The van der Waals surface area contributed by atoms with E-state index in [4.69, 9.17) is 4.74 Å². The van der Waals surface area contributed by atoms with Crippen LogP contribution in [-0.4, -0.2) is 31.1 Å². The largest absolute Gasteiger partial charge is 0.469 e. The van der Waals surface area contributed by atoms with Gasteiger partial charge in [0.1, 0.15) is 0 Å². The molecule has 180 valence electrons. The highest BCUT2D eigenvalue weighted by Gasteiger charge is 2.70. The number of hydrogen-bond acceptors (Lipinski definition) is 3. The van der Waals surface area contributed by atoms with E-state index in [0.717, 1.165) is 32.5 Å². The fourth-order valence-electron chi connectivity index (χ4n) is 8.15. The molecular weight excluding hydrogens is 442 g/mol. The molecule has 0 radical (unpaired) electrons. The van der Waals surface area contributed by atoms with Crippen LogP contribution in [0.1, 0.15) is 41.0 Å². The third kappa shape index (κ3) is 2.87. The topological polar surface area (TPSA) is 29.5 Å². The second-order valence-corrected chi connectivity index (χ2v) is 11.0. The predicted molar refractivity (Wildman–Crippen MR) is 143 cm³/mol. The van der Waals surface area contributed by atoms with Crippen molar-refractivity contribution in [1.29, 1.82) is 0 Å². The molecule has 4 aromatic carbocycles. The molecule has 4 aliphatic rings. The maximum atomic E-state index is 13.9. The molecule has 1 saturated carbocycles. The summed E-state index contributed by atoms with van der Waals surface area (Å²) in [6.07, 6.45) is 2.07. The minimum absolute atomic E-state index is 0.0348. The summed E-state index contributed by atoms with van der Waals surface area (Å²) < 4.78 is 5.65. The highest BCUT2D eigenvalue weighted by Crippen LogP contribution is 2.69. The maximum Gasteiger partial charge on any atom is 0.314 e. The summed E-state index contributed by atoms with van der Waals surface area (Å²) in [6, 6.07) is 35.2. The monoisotopic (exact) mass is 473 g/mol. The summed E-state index contributed by atoms with van der Waals surface area (Å²) in [5, 5.41) is 2.52. The number of esters is 1. The van der Waals surface area contributed by atoms with Gasteiger partial charge in [0, 0.05) is 36.9 Å². The third-order valence-corrected chi connectivity index (χ3v) is 9.49. The van der Waals surface area contributed by atoms with Crippen LogP contribution in [0.3, 0.4) is 0 Å². The van der Waals surface area contributed by atoms with E-state index in [1.165, 1.54) is 33.0 Å². The van der Waals surface area contributed by atoms with E-state index < -0.39 is 5.41 Å². The molecule has 3 heteroatoms. The summed E-state index contributed by atoms with van der Waals surface area (Å²) >= 11 is 0. The molecule has 2 bridgehead atoms. The first-order valence-electron chi connectivity index (χ1n) is 13.1. The zero-order chi connectivity index (χ0) is 24.3. The lowest BCUT2D eigenvalue weighted by Gasteiger charge is -2.59. The average Bonchev–Trinajstić information content (AvgIpc) is 3.35. The van der Waals surface area contributed by atoms with Gasteiger partial charge in [-0.1, -0.05) is 97.1 Å². The number of nitrogens with zero attached hydrogens (tertiary/aromatic N) is 1. The quantitative estimate of drug-likeness (QED) is 0.325. The number of fused-ring (bicyclic) bond motifs is 2. The van der Waals surface area contributed by atoms with Gasteiger partial charge in [-0.3, -0.25) is 9.69 Å². The van der Waals surface area contributed by atoms with Crippen LogP contribution in [0, 0.1) is 11.3 Å². The summed E-state index contributed by atoms with van der Waals surface area (Å²) in [6.45, 7) is 2.49. The Balaban J connectivity index is 1.44. The molecule has 1 aliphatic heterocycles. The predicted octanol–water partition coefficient (Wildman–Crippen LogP) is 6.31. The minimum atomic E-state index is -0.540. The molecule has 1 heterocycles. The summed E-state index contributed by atoms with van der Waals surface area (Å²) in [4.78, 5) is 16.4.